The van der Waals surface area contributed by atoms with E-state index in [0.29, 0.717) is 36.6 Å². The number of nitrogens with zero attached hydrogens (tertiary/aromatic N) is 2. The molecule has 2 rings (SSSR count). The Morgan fingerprint density at radius 2 is 1.88 bits per heavy atom. The minimum Gasteiger partial charge on any atom is -0.459 e. The predicted octanol–water partition coefficient (Wildman–Crippen LogP) is 3.12. The smallest absolute Gasteiger partial charge is 0.333 e. The van der Waals surface area contributed by atoms with Gasteiger partial charge in [0.1, 0.15) is 18.3 Å². The second-order valence-electron chi connectivity index (χ2n) is 7.57. The number of carbonyl (C=O) groups is 4. The number of esters is 1. The number of thioether (sulfide) groups is 2. The fourth-order valence-electron chi connectivity index (χ4n) is 3.06. The third-order valence-electron chi connectivity index (χ3n) is 4.88. The highest BCUT2D eigenvalue weighted by atomic mass is 32.2. The van der Waals surface area contributed by atoms with Crippen molar-refractivity contribution in [3.8, 4) is 0 Å². The lowest BCUT2D eigenvalue weighted by Crippen LogP contribution is -2.56. The van der Waals surface area contributed by atoms with Crippen LogP contribution in [0, 0.1) is 0 Å². The van der Waals surface area contributed by atoms with Gasteiger partial charge in [-0.25, -0.2) is 4.79 Å². The molecule has 0 saturated carbocycles. The maximum Gasteiger partial charge on any atom is 0.333 e. The van der Waals surface area contributed by atoms with Crippen LogP contribution in [0.15, 0.2) is 32.3 Å². The summed E-state index contributed by atoms with van der Waals surface area (Å²) in [5.74, 6) is -1.83. The van der Waals surface area contributed by atoms with Crippen LogP contribution in [0.1, 0.15) is 46.5 Å². The van der Waals surface area contributed by atoms with E-state index < -0.39 is 30.4 Å². The number of likely N-dealkylation sites (N-methyl/N-ethyl adjacent to an activating group) is 1. The second kappa shape index (κ2) is 12.5. The van der Waals surface area contributed by atoms with E-state index in [1.54, 1.807) is 0 Å². The highest BCUT2D eigenvalue weighted by molar-refractivity contribution is 8.28. The first-order valence-corrected chi connectivity index (χ1v) is 12.7. The second-order valence-corrected chi connectivity index (χ2v) is 10.3. The van der Waals surface area contributed by atoms with Gasteiger partial charge in [-0.05, 0) is 56.1 Å². The van der Waals surface area contributed by atoms with Crippen LogP contribution in [-0.2, 0) is 23.9 Å². The Bertz CT molecular complexity index is 927. The fourth-order valence-corrected chi connectivity index (χ4v) is 5.64. The molecule has 1 fully saturated rings. The summed E-state index contributed by atoms with van der Waals surface area (Å²) in [6.07, 6.45) is 0.440. The van der Waals surface area contributed by atoms with E-state index in [9.17, 15) is 24.3 Å². The number of allylic oxidation sites excluding steroid dienone is 1. The number of thiocarbonyl (C=S) groups is 1. The van der Waals surface area contributed by atoms with Gasteiger partial charge < -0.3 is 9.84 Å². The van der Waals surface area contributed by atoms with Crippen molar-refractivity contribution in [2.24, 2.45) is 0 Å². The molecule has 180 valence electrons. The quantitative estimate of drug-likeness (QED) is 0.147. The average Bonchev–Trinajstić information content (AvgIpc) is 3.19. The molecule has 0 aromatic carbocycles. The zero-order chi connectivity index (χ0) is 24.7. The number of aliphatic hydroxyl groups is 1. The van der Waals surface area contributed by atoms with E-state index in [1.165, 1.54) is 40.2 Å². The van der Waals surface area contributed by atoms with Gasteiger partial charge in [0, 0.05) is 25.1 Å². The van der Waals surface area contributed by atoms with E-state index in [2.05, 4.69) is 6.58 Å². The lowest BCUT2D eigenvalue weighted by molar-refractivity contribution is -0.145. The summed E-state index contributed by atoms with van der Waals surface area (Å²) in [5, 5.41) is 11.9. The van der Waals surface area contributed by atoms with Gasteiger partial charge in [-0.2, -0.15) is 0 Å². The minimum atomic E-state index is -1.37. The highest BCUT2D eigenvalue weighted by Crippen LogP contribution is 2.46. The molecule has 1 unspecified atom stereocenters. The fraction of sp³-hybridized carbons (Fsp3) is 0.500. The van der Waals surface area contributed by atoms with Crippen molar-refractivity contribution in [3.63, 3.8) is 0 Å². The largest absolute Gasteiger partial charge is 0.459 e. The molecule has 1 N–H and O–H groups in total. The summed E-state index contributed by atoms with van der Waals surface area (Å²) >= 11 is 8.18. The monoisotopic (exact) mass is 512 g/mol. The molecule has 1 saturated heterocycles. The van der Waals surface area contributed by atoms with Gasteiger partial charge >= 0.3 is 5.97 Å². The molecule has 2 aliphatic rings. The minimum absolute atomic E-state index is 0.122. The van der Waals surface area contributed by atoms with Crippen LogP contribution in [0.3, 0.4) is 0 Å². The highest BCUT2D eigenvalue weighted by Gasteiger charge is 2.41. The van der Waals surface area contributed by atoms with Crippen LogP contribution in [0.2, 0.25) is 0 Å². The summed E-state index contributed by atoms with van der Waals surface area (Å²) in [6.45, 7) is 8.94. The van der Waals surface area contributed by atoms with Gasteiger partial charge in [0.25, 0.3) is 11.8 Å². The molecule has 2 aliphatic heterocycles. The molecule has 33 heavy (non-hydrogen) atoms. The van der Waals surface area contributed by atoms with Gasteiger partial charge in [0.2, 0.25) is 0 Å². The van der Waals surface area contributed by atoms with Crippen LogP contribution >= 0.6 is 35.7 Å². The zero-order valence-corrected chi connectivity index (χ0v) is 21.4. The zero-order valence-electron chi connectivity index (χ0n) is 18.9. The van der Waals surface area contributed by atoms with Crippen molar-refractivity contribution in [1.82, 2.24) is 9.80 Å². The molecule has 0 spiro atoms. The first-order chi connectivity index (χ1) is 15.6. The molecule has 0 aromatic heterocycles. The summed E-state index contributed by atoms with van der Waals surface area (Å²) in [5.41, 5.74) is 0.342. The molecular formula is C22H28N2O6S3. The number of amides is 2. The lowest BCUT2D eigenvalue weighted by Gasteiger charge is -2.36. The number of carbonyl (C=O) groups excluding carboxylic acids is 4. The van der Waals surface area contributed by atoms with E-state index in [0.717, 1.165) is 4.91 Å². The van der Waals surface area contributed by atoms with Gasteiger partial charge in [-0.3, -0.25) is 24.2 Å². The van der Waals surface area contributed by atoms with Crippen LogP contribution in [0.5, 0.6) is 0 Å². The van der Waals surface area contributed by atoms with Crippen LogP contribution < -0.4 is 0 Å². The third-order valence-corrected chi connectivity index (χ3v) is 7.73. The lowest BCUT2D eigenvalue weighted by atomic mass is 10.1. The van der Waals surface area contributed by atoms with Gasteiger partial charge in [0.05, 0.1) is 4.24 Å². The molecule has 11 heteroatoms. The summed E-state index contributed by atoms with van der Waals surface area (Å²) < 4.78 is 5.46. The number of hydrogen-bond acceptors (Lipinski definition) is 9. The predicted molar refractivity (Wildman–Crippen MR) is 133 cm³/mol. The van der Waals surface area contributed by atoms with Crippen molar-refractivity contribution in [2.45, 2.75) is 52.6 Å². The Morgan fingerprint density at radius 1 is 1.21 bits per heavy atom. The first kappa shape index (κ1) is 27.3. The van der Waals surface area contributed by atoms with E-state index >= 15 is 0 Å². The Balaban J connectivity index is 1.87. The Kier molecular flexibility index (Phi) is 10.3. The van der Waals surface area contributed by atoms with Crippen molar-refractivity contribution < 1.29 is 29.0 Å². The SMILES string of the molecule is C=C(C)C(=O)OCC(O)C(=O)CCCCCN1C(=O)C(=C2SC=C(C)S2)C(=O)N(CC)C1=S. The Labute approximate surface area is 207 Å². The van der Waals surface area contributed by atoms with Crippen LogP contribution in [-0.4, -0.2) is 69.4 Å². The molecule has 0 aliphatic carbocycles. The number of ether oxygens (including phenoxy) is 1. The van der Waals surface area contributed by atoms with Gasteiger partial charge in [0.15, 0.2) is 10.9 Å². The molecule has 8 nitrogen and oxygen atoms in total. The van der Waals surface area contributed by atoms with Crippen molar-refractivity contribution in [3.05, 3.63) is 32.3 Å². The number of rotatable bonds is 11. The first-order valence-electron chi connectivity index (χ1n) is 10.5. The molecule has 1 atom stereocenters. The standard InChI is InChI=1S/C22H28N2O6S3/c1-5-23-18(27)17(21-32-12-14(4)33-21)19(28)24(22(23)31)10-8-6-7-9-15(25)16(26)11-30-20(29)13(2)3/h12,16,26H,2,5-11H2,1,3-4H3. The summed E-state index contributed by atoms with van der Waals surface area (Å²) in [6, 6.07) is 0. The van der Waals surface area contributed by atoms with Gasteiger partial charge in [-0.15, -0.1) is 0 Å². The molecule has 2 heterocycles. The summed E-state index contributed by atoms with van der Waals surface area (Å²) in [4.78, 5) is 53.2. The maximum atomic E-state index is 13.1. The molecule has 2 amide bonds. The normalized spacial score (nSPS) is 19.6. The van der Waals surface area contributed by atoms with Crippen molar-refractivity contribution >= 4 is 64.4 Å². The number of unbranched alkanes of at least 4 members (excludes halogenated alkanes) is 2. The van der Waals surface area contributed by atoms with Crippen molar-refractivity contribution in [2.75, 3.05) is 19.7 Å². The molecule has 0 radical (unpaired) electrons. The molecule has 0 bridgehead atoms. The van der Waals surface area contributed by atoms with Gasteiger partial charge in [-0.1, -0.05) is 36.5 Å². The topological polar surface area (TPSA) is 104 Å². The number of Topliss-reactive ketones (excluding diaryl/α,β-unsaturated/α-hetero) is 1. The van der Waals surface area contributed by atoms with E-state index in [4.69, 9.17) is 17.0 Å². The number of hydrogen-bond donors (Lipinski definition) is 1. The van der Waals surface area contributed by atoms with Crippen LogP contribution in [0.25, 0.3) is 0 Å². The average molecular weight is 513 g/mol. The maximum absolute atomic E-state index is 13.1. The number of ketones is 1. The molecule has 0 aromatic rings. The number of aliphatic hydroxyl groups excluding tert-OH is 1. The third kappa shape index (κ3) is 7.02. The van der Waals surface area contributed by atoms with E-state index in [1.807, 2.05) is 19.3 Å². The van der Waals surface area contributed by atoms with E-state index in [-0.39, 0.29) is 28.6 Å². The summed E-state index contributed by atoms with van der Waals surface area (Å²) in [7, 11) is 0. The Hall–Kier alpha value is -1.95. The van der Waals surface area contributed by atoms with Crippen molar-refractivity contribution in [1.29, 1.82) is 0 Å². The van der Waals surface area contributed by atoms with Crippen LogP contribution in [0.4, 0.5) is 0 Å². The Morgan fingerprint density at radius 3 is 2.45 bits per heavy atom. The molecular weight excluding hydrogens is 484 g/mol.